The number of nitrogens with zero attached hydrogens (tertiary/aromatic N) is 1. The van der Waals surface area contributed by atoms with Crippen LogP contribution in [0.3, 0.4) is 0 Å². The lowest BCUT2D eigenvalue weighted by molar-refractivity contribution is -0.274. The Kier molecular flexibility index (Phi) is 4.79. The summed E-state index contributed by atoms with van der Waals surface area (Å²) < 4.78 is 42.1. The Hall–Kier alpha value is -2.54. The number of benzene rings is 2. The van der Waals surface area contributed by atoms with Crippen LogP contribution in [0.5, 0.6) is 5.75 Å². The first kappa shape index (κ1) is 18.8. The van der Waals surface area contributed by atoms with Crippen LogP contribution in [0.15, 0.2) is 54.6 Å². The number of carbonyl (C=O) groups excluding carboxylic acids is 1. The molecule has 1 saturated carbocycles. The van der Waals surface area contributed by atoms with Crippen LogP contribution in [-0.4, -0.2) is 36.3 Å². The molecule has 2 fully saturated rings. The summed E-state index contributed by atoms with van der Waals surface area (Å²) in [6.45, 7) is 0.996. The van der Waals surface area contributed by atoms with E-state index in [0.29, 0.717) is 25.1 Å². The predicted molar refractivity (Wildman–Crippen MR) is 97.7 cm³/mol. The number of carbonyl (C=O) groups is 1. The van der Waals surface area contributed by atoms with Crippen molar-refractivity contribution < 1.29 is 22.7 Å². The van der Waals surface area contributed by atoms with Crippen molar-refractivity contribution in [2.24, 2.45) is 11.7 Å². The third kappa shape index (κ3) is 3.85. The Morgan fingerprint density at radius 1 is 1.00 bits per heavy atom. The molecule has 4 atom stereocenters. The van der Waals surface area contributed by atoms with E-state index in [0.717, 1.165) is 5.56 Å². The molecule has 1 heterocycles. The molecule has 0 spiro atoms. The van der Waals surface area contributed by atoms with Gasteiger partial charge in [0.25, 0.3) is 0 Å². The van der Waals surface area contributed by atoms with Gasteiger partial charge in [0.2, 0.25) is 5.91 Å². The van der Waals surface area contributed by atoms with E-state index < -0.39 is 6.36 Å². The Bertz CT molecular complexity index is 856. The number of amides is 1. The molecule has 0 radical (unpaired) electrons. The average Bonchev–Trinajstić information content (AvgIpc) is 3.35. The van der Waals surface area contributed by atoms with E-state index in [4.69, 9.17) is 5.73 Å². The van der Waals surface area contributed by atoms with Crippen molar-refractivity contribution in [3.05, 3.63) is 65.7 Å². The Morgan fingerprint density at radius 3 is 2.39 bits per heavy atom. The molecule has 2 unspecified atom stereocenters. The number of hydrogen-bond acceptors (Lipinski definition) is 3. The fourth-order valence-electron chi connectivity index (χ4n) is 4.11. The van der Waals surface area contributed by atoms with E-state index in [1.807, 2.05) is 30.3 Å². The molecule has 1 aliphatic carbocycles. The van der Waals surface area contributed by atoms with E-state index in [-0.39, 0.29) is 35.5 Å². The first-order chi connectivity index (χ1) is 13.3. The lowest BCUT2D eigenvalue weighted by Gasteiger charge is -2.17. The first-order valence-corrected chi connectivity index (χ1v) is 9.27. The zero-order valence-electron chi connectivity index (χ0n) is 15.1. The van der Waals surface area contributed by atoms with E-state index >= 15 is 0 Å². The standard InChI is InChI=1S/C21H21F3N2O2/c22-21(23,24)28-19-9-5-4-8-14(19)15-10-16(15)20(27)26-11-17(18(25)12-26)13-6-2-1-3-7-13/h1-9,15-18H,10-12,25H2/t15?,16?,17-,18+/m0/s1. The molecule has 2 N–H and O–H groups in total. The van der Waals surface area contributed by atoms with E-state index in [1.165, 1.54) is 12.1 Å². The molecule has 148 valence electrons. The smallest absolute Gasteiger partial charge is 0.405 e. The minimum atomic E-state index is -4.75. The number of halogens is 3. The highest BCUT2D eigenvalue weighted by Gasteiger charge is 2.49. The van der Waals surface area contributed by atoms with Gasteiger partial charge in [-0.05, 0) is 29.5 Å². The topological polar surface area (TPSA) is 55.6 Å². The molecule has 4 nitrogen and oxygen atoms in total. The first-order valence-electron chi connectivity index (χ1n) is 9.27. The summed E-state index contributed by atoms with van der Waals surface area (Å²) in [5.74, 6) is -0.766. The van der Waals surface area contributed by atoms with Crippen LogP contribution in [0, 0.1) is 5.92 Å². The van der Waals surface area contributed by atoms with Gasteiger partial charge in [-0.25, -0.2) is 0 Å². The molecule has 28 heavy (non-hydrogen) atoms. The number of rotatable bonds is 4. The molecule has 7 heteroatoms. The molecule has 2 aromatic rings. The lowest BCUT2D eigenvalue weighted by Crippen LogP contribution is -2.33. The van der Waals surface area contributed by atoms with Crippen LogP contribution in [0.1, 0.15) is 29.4 Å². The van der Waals surface area contributed by atoms with Crippen molar-refractivity contribution in [2.75, 3.05) is 13.1 Å². The quantitative estimate of drug-likeness (QED) is 0.867. The maximum absolute atomic E-state index is 12.9. The number of hydrogen-bond donors (Lipinski definition) is 1. The second-order valence-corrected chi connectivity index (χ2v) is 7.46. The number of para-hydroxylation sites is 1. The maximum Gasteiger partial charge on any atom is 0.573 e. The minimum Gasteiger partial charge on any atom is -0.405 e. The van der Waals surface area contributed by atoms with Crippen LogP contribution >= 0.6 is 0 Å². The van der Waals surface area contributed by atoms with Crippen LogP contribution in [0.2, 0.25) is 0 Å². The van der Waals surface area contributed by atoms with Gasteiger partial charge in [-0.2, -0.15) is 0 Å². The normalized spacial score (nSPS) is 26.9. The number of ether oxygens (including phenoxy) is 1. The molecule has 0 bridgehead atoms. The molecule has 1 amide bonds. The molecule has 2 aliphatic rings. The third-order valence-corrected chi connectivity index (χ3v) is 5.56. The van der Waals surface area contributed by atoms with Crippen molar-refractivity contribution in [3.8, 4) is 5.75 Å². The van der Waals surface area contributed by atoms with Crippen LogP contribution in [0.4, 0.5) is 13.2 Å². The molecular formula is C21H21F3N2O2. The van der Waals surface area contributed by atoms with E-state index in [9.17, 15) is 18.0 Å². The molecular weight excluding hydrogens is 369 g/mol. The Labute approximate surface area is 161 Å². The third-order valence-electron chi connectivity index (χ3n) is 5.56. The van der Waals surface area contributed by atoms with Gasteiger partial charge in [0.05, 0.1) is 0 Å². The van der Waals surface area contributed by atoms with Crippen LogP contribution in [0.25, 0.3) is 0 Å². The van der Waals surface area contributed by atoms with Gasteiger partial charge >= 0.3 is 6.36 Å². The zero-order chi connectivity index (χ0) is 19.9. The van der Waals surface area contributed by atoms with Crippen molar-refractivity contribution in [3.63, 3.8) is 0 Å². The highest BCUT2D eigenvalue weighted by molar-refractivity contribution is 5.83. The lowest BCUT2D eigenvalue weighted by atomic mass is 9.95. The Balaban J connectivity index is 1.45. The molecule has 1 aliphatic heterocycles. The number of nitrogens with two attached hydrogens (primary N) is 1. The minimum absolute atomic E-state index is 0.0410. The van der Waals surface area contributed by atoms with Gasteiger partial charge in [-0.3, -0.25) is 4.79 Å². The number of alkyl halides is 3. The average molecular weight is 390 g/mol. The van der Waals surface area contributed by atoms with Crippen molar-refractivity contribution >= 4 is 5.91 Å². The summed E-state index contributed by atoms with van der Waals surface area (Å²) in [7, 11) is 0. The second kappa shape index (κ2) is 7.13. The van der Waals surface area contributed by atoms with Crippen molar-refractivity contribution in [1.29, 1.82) is 0 Å². The maximum atomic E-state index is 12.9. The summed E-state index contributed by atoms with van der Waals surface area (Å²) >= 11 is 0. The van der Waals surface area contributed by atoms with Crippen molar-refractivity contribution in [1.82, 2.24) is 4.90 Å². The van der Waals surface area contributed by atoms with Crippen LogP contribution < -0.4 is 10.5 Å². The molecule has 0 aromatic heterocycles. The van der Waals surface area contributed by atoms with Gasteiger partial charge in [0.1, 0.15) is 5.75 Å². The fraction of sp³-hybridized carbons (Fsp3) is 0.381. The van der Waals surface area contributed by atoms with Gasteiger partial charge in [0.15, 0.2) is 0 Å². The van der Waals surface area contributed by atoms with E-state index in [1.54, 1.807) is 17.0 Å². The van der Waals surface area contributed by atoms with Gasteiger partial charge in [0, 0.05) is 31.0 Å². The fourth-order valence-corrected chi connectivity index (χ4v) is 4.11. The zero-order valence-corrected chi connectivity index (χ0v) is 15.1. The predicted octanol–water partition coefficient (Wildman–Crippen LogP) is 3.64. The summed E-state index contributed by atoms with van der Waals surface area (Å²) in [4.78, 5) is 14.7. The highest BCUT2D eigenvalue weighted by atomic mass is 19.4. The monoisotopic (exact) mass is 390 g/mol. The second-order valence-electron chi connectivity index (χ2n) is 7.46. The summed E-state index contributed by atoms with van der Waals surface area (Å²) in [6.07, 6.45) is -4.23. The number of likely N-dealkylation sites (tertiary alicyclic amines) is 1. The van der Waals surface area contributed by atoms with Crippen LogP contribution in [-0.2, 0) is 4.79 Å². The highest BCUT2D eigenvalue weighted by Crippen LogP contribution is 2.52. The summed E-state index contributed by atoms with van der Waals surface area (Å²) in [5, 5.41) is 0. The summed E-state index contributed by atoms with van der Waals surface area (Å²) in [6, 6.07) is 15.7. The van der Waals surface area contributed by atoms with Gasteiger partial charge < -0.3 is 15.4 Å². The molecule has 4 rings (SSSR count). The Morgan fingerprint density at radius 2 is 1.68 bits per heavy atom. The van der Waals surface area contributed by atoms with Crippen molar-refractivity contribution in [2.45, 2.75) is 30.7 Å². The molecule has 2 aromatic carbocycles. The largest absolute Gasteiger partial charge is 0.573 e. The SMILES string of the molecule is N[C@@H]1CN(C(=O)C2CC2c2ccccc2OC(F)(F)F)C[C@H]1c1ccccc1. The summed E-state index contributed by atoms with van der Waals surface area (Å²) in [5.41, 5.74) is 7.79. The van der Waals surface area contributed by atoms with Gasteiger partial charge in [-0.15, -0.1) is 13.2 Å². The van der Waals surface area contributed by atoms with Gasteiger partial charge in [-0.1, -0.05) is 48.5 Å². The van der Waals surface area contributed by atoms with E-state index in [2.05, 4.69) is 4.74 Å². The molecule has 1 saturated heterocycles.